The van der Waals surface area contributed by atoms with E-state index >= 15 is 0 Å². The molecule has 0 aliphatic carbocycles. The predicted octanol–water partition coefficient (Wildman–Crippen LogP) is -2.78. The van der Waals surface area contributed by atoms with Crippen LogP contribution < -0.4 is 10.6 Å². The molecule has 43 heavy (non-hydrogen) atoms. The highest BCUT2D eigenvalue weighted by Crippen LogP contribution is 2.18. The number of carboxylic acids is 2. The zero-order chi connectivity index (χ0) is 31.5. The van der Waals surface area contributed by atoms with Gasteiger partial charge < -0.3 is 35.1 Å². The Kier molecular flexibility index (Phi) is 18.2. The molecule has 2 aliphatic heterocycles. The van der Waals surface area contributed by atoms with Gasteiger partial charge in [0.1, 0.15) is 10.9 Å². The molecule has 0 unspecified atom stereocenters. The lowest BCUT2D eigenvalue weighted by Crippen LogP contribution is -2.43. The fourth-order valence-corrected chi connectivity index (χ4v) is 5.17. The number of carbonyl (C=O) groups excluding carboxylic acids is 3. The van der Waals surface area contributed by atoms with Gasteiger partial charge in [-0.3, -0.25) is 43.6 Å². The van der Waals surface area contributed by atoms with E-state index in [1.54, 1.807) is 9.80 Å². The van der Waals surface area contributed by atoms with Gasteiger partial charge in [-0.25, -0.2) is 0 Å². The Hall–Kier alpha value is -2.45. The summed E-state index contributed by atoms with van der Waals surface area (Å²) >= 11 is 6.28. The van der Waals surface area contributed by atoms with Crippen LogP contribution in [0.15, 0.2) is 0 Å². The van der Waals surface area contributed by atoms with Crippen LogP contribution in [0.1, 0.15) is 0 Å². The lowest BCUT2D eigenvalue weighted by molar-refractivity contribution is -0.140. The van der Waals surface area contributed by atoms with Gasteiger partial charge in [-0.05, 0) is 0 Å². The number of aliphatic carboxylic acids is 2. The van der Waals surface area contributed by atoms with Crippen molar-refractivity contribution in [3.05, 3.63) is 0 Å². The number of carboxylic acid groups (broad SMARTS) is 2. The van der Waals surface area contributed by atoms with Crippen molar-refractivity contribution in [2.75, 3.05) is 124 Å². The molecule has 2 rings (SSSR count). The quantitative estimate of drug-likeness (QED) is 0.0781. The summed E-state index contributed by atoms with van der Waals surface area (Å²) < 4.78 is 16.7. The van der Waals surface area contributed by atoms with Crippen molar-refractivity contribution in [1.82, 2.24) is 30.2 Å². The number of ether oxygens (including phenoxy) is 3. The fourth-order valence-electron chi connectivity index (χ4n) is 4.10. The fraction of sp³-hybridized carbons (Fsp3) is 0.760. The van der Waals surface area contributed by atoms with Crippen molar-refractivity contribution < 1.29 is 48.4 Å². The van der Waals surface area contributed by atoms with Gasteiger partial charge in [0.15, 0.2) is 0 Å². The van der Waals surface area contributed by atoms with Crippen molar-refractivity contribution in [2.45, 2.75) is 0 Å². The highest BCUT2D eigenvalue weighted by Gasteiger charge is 2.28. The molecule has 0 saturated carbocycles. The van der Waals surface area contributed by atoms with E-state index in [-0.39, 0.29) is 49.7 Å². The smallest absolute Gasteiger partial charge is 0.317 e. The molecule has 0 aromatic carbocycles. The molecule has 0 spiro atoms. The predicted molar refractivity (Wildman–Crippen MR) is 160 cm³/mol. The third-order valence-electron chi connectivity index (χ3n) is 6.31. The van der Waals surface area contributed by atoms with Gasteiger partial charge >= 0.3 is 11.9 Å². The van der Waals surface area contributed by atoms with E-state index in [9.17, 15) is 24.0 Å². The van der Waals surface area contributed by atoms with E-state index in [1.807, 2.05) is 4.90 Å². The first-order valence-corrected chi connectivity index (χ1v) is 15.4. The van der Waals surface area contributed by atoms with Crippen LogP contribution in [-0.4, -0.2) is 188 Å². The molecule has 18 heteroatoms. The molecule has 0 aromatic heterocycles. The van der Waals surface area contributed by atoms with Crippen molar-refractivity contribution in [2.24, 2.45) is 0 Å². The number of hydrogen-bond acceptors (Lipinski definition) is 13. The van der Waals surface area contributed by atoms with Crippen LogP contribution in [0, 0.1) is 0 Å². The van der Waals surface area contributed by atoms with Crippen LogP contribution in [0.3, 0.4) is 0 Å². The van der Waals surface area contributed by atoms with E-state index in [1.165, 1.54) is 16.7 Å². The molecule has 4 N–H and O–H groups in total. The average molecular weight is 651 g/mol. The summed E-state index contributed by atoms with van der Waals surface area (Å²) in [5.41, 5.74) is 0. The average Bonchev–Trinajstić information content (AvgIpc) is 3.29. The first-order valence-electron chi connectivity index (χ1n) is 14.0. The molecule has 244 valence electrons. The van der Waals surface area contributed by atoms with E-state index in [2.05, 4.69) is 10.6 Å². The number of rotatable bonds is 20. The summed E-state index contributed by atoms with van der Waals surface area (Å²) in [5, 5.41) is 23.8. The Morgan fingerprint density at radius 3 is 1.47 bits per heavy atom. The van der Waals surface area contributed by atoms with Gasteiger partial charge in [0.25, 0.3) is 0 Å². The molecule has 0 aromatic rings. The van der Waals surface area contributed by atoms with Gasteiger partial charge in [-0.15, -0.1) is 0 Å². The Labute approximate surface area is 260 Å². The van der Waals surface area contributed by atoms with Crippen LogP contribution in [0.5, 0.6) is 0 Å². The topological polar surface area (TPSA) is 191 Å². The van der Waals surface area contributed by atoms with Gasteiger partial charge in [-0.2, -0.15) is 0 Å². The van der Waals surface area contributed by atoms with Gasteiger partial charge in [-0.1, -0.05) is 24.0 Å². The number of thiocarbonyl (C=S) groups is 1. The van der Waals surface area contributed by atoms with Crippen molar-refractivity contribution >= 4 is 58.0 Å². The van der Waals surface area contributed by atoms with Crippen molar-refractivity contribution in [3.8, 4) is 0 Å². The summed E-state index contributed by atoms with van der Waals surface area (Å²) in [6, 6.07) is 0. The normalized spacial score (nSPS) is 17.3. The highest BCUT2D eigenvalue weighted by atomic mass is 32.2. The molecule has 0 radical (unpaired) electrons. The molecule has 0 atom stereocenters. The minimum atomic E-state index is -0.954. The molecule has 3 amide bonds. The second kappa shape index (κ2) is 21.3. The van der Waals surface area contributed by atoms with Gasteiger partial charge in [0.05, 0.1) is 65.0 Å². The van der Waals surface area contributed by atoms with Crippen LogP contribution in [-0.2, 0) is 38.2 Å². The standard InChI is InChI=1S/C25H42N6O10S2/c32-20(15-28-3-5-29(17-23(35)36)7-8-30(6-4-28)18-24(37)38)26-1-9-39-11-13-41-14-12-40-10-2-27-21(33)16-31-22(34)19-43-25(31)42/h1-19H2,(H,26,32)(H,27,33)(H,35,36)(H,37,38). The molecule has 2 heterocycles. The zero-order valence-electron chi connectivity index (χ0n) is 24.2. The molecular formula is C25H42N6O10S2. The summed E-state index contributed by atoms with van der Waals surface area (Å²) in [5.74, 6) is -2.30. The lowest BCUT2D eigenvalue weighted by atomic mass is 10.4. The maximum absolute atomic E-state index is 12.4. The number of thioether (sulfide) groups is 1. The number of hydrogen-bond donors (Lipinski definition) is 4. The SMILES string of the molecule is O=C(O)CN1CCN(CC(=O)O)CCN(CC(=O)NCCOCCOCCOCCNC(=O)CN2C(=O)CSC2=S)CC1. The van der Waals surface area contributed by atoms with Crippen molar-refractivity contribution in [1.29, 1.82) is 0 Å². The first-order chi connectivity index (χ1) is 20.6. The summed E-state index contributed by atoms with van der Waals surface area (Å²) in [6.07, 6.45) is 0. The minimum absolute atomic E-state index is 0.0834. The molecular weight excluding hydrogens is 608 g/mol. The Morgan fingerprint density at radius 1 is 0.674 bits per heavy atom. The molecule has 2 saturated heterocycles. The molecule has 16 nitrogen and oxygen atoms in total. The van der Waals surface area contributed by atoms with Crippen LogP contribution >= 0.6 is 24.0 Å². The second-order valence-corrected chi connectivity index (χ2v) is 11.3. The van der Waals surface area contributed by atoms with Crippen molar-refractivity contribution in [3.63, 3.8) is 0 Å². The summed E-state index contributed by atoms with van der Waals surface area (Å²) in [4.78, 5) is 64.9. The monoisotopic (exact) mass is 650 g/mol. The largest absolute Gasteiger partial charge is 0.480 e. The summed E-state index contributed by atoms with van der Waals surface area (Å²) in [7, 11) is 0. The van der Waals surface area contributed by atoms with Crippen LogP contribution in [0.4, 0.5) is 0 Å². The van der Waals surface area contributed by atoms with Crippen LogP contribution in [0.25, 0.3) is 0 Å². The zero-order valence-corrected chi connectivity index (χ0v) is 25.8. The maximum atomic E-state index is 12.4. The lowest BCUT2D eigenvalue weighted by Gasteiger charge is -2.24. The maximum Gasteiger partial charge on any atom is 0.317 e. The van der Waals surface area contributed by atoms with E-state index in [4.69, 9.17) is 36.6 Å². The molecule has 0 bridgehead atoms. The van der Waals surface area contributed by atoms with E-state index in [0.717, 1.165) is 0 Å². The van der Waals surface area contributed by atoms with Gasteiger partial charge in [0.2, 0.25) is 17.7 Å². The third kappa shape index (κ3) is 16.8. The minimum Gasteiger partial charge on any atom is -0.480 e. The van der Waals surface area contributed by atoms with Crippen LogP contribution in [0.2, 0.25) is 0 Å². The Bertz CT molecular complexity index is 902. The van der Waals surface area contributed by atoms with Gasteiger partial charge in [0, 0.05) is 52.4 Å². The Balaban J connectivity index is 1.47. The first kappa shape index (κ1) is 36.7. The molecule has 2 fully saturated rings. The number of nitrogens with one attached hydrogen (secondary N) is 2. The summed E-state index contributed by atoms with van der Waals surface area (Å²) in [6.45, 7) is 5.12. The van der Waals surface area contributed by atoms with E-state index < -0.39 is 11.9 Å². The Morgan fingerprint density at radius 2 is 1.07 bits per heavy atom. The highest BCUT2D eigenvalue weighted by molar-refractivity contribution is 8.23. The second-order valence-electron chi connectivity index (χ2n) is 9.69. The third-order valence-corrected chi connectivity index (χ3v) is 7.74. The van der Waals surface area contributed by atoms with E-state index in [0.29, 0.717) is 96.3 Å². The molecule has 2 aliphatic rings. The number of carbonyl (C=O) groups is 5. The number of amides is 3. The number of nitrogens with zero attached hydrogens (tertiary/aromatic N) is 4.